The number of carbonyl (C=O) groups excluding carboxylic acids is 1. The first-order valence-corrected chi connectivity index (χ1v) is 11.4. The highest BCUT2D eigenvalue weighted by Gasteiger charge is 2.30. The number of hydrogen-bond acceptors (Lipinski definition) is 4. The Morgan fingerprint density at radius 1 is 0.966 bits per heavy atom. The number of anilines is 1. The van der Waals surface area contributed by atoms with E-state index in [1.54, 1.807) is 17.0 Å². The summed E-state index contributed by atoms with van der Waals surface area (Å²) >= 11 is 0. The number of sulfonamides is 1. The third kappa shape index (κ3) is 4.97. The predicted octanol–water partition coefficient (Wildman–Crippen LogP) is 2.78. The number of carbonyl (C=O) groups is 1. The van der Waals surface area contributed by atoms with Gasteiger partial charge >= 0.3 is 0 Å². The lowest BCUT2D eigenvalue weighted by molar-refractivity contribution is -0.130. The van der Waals surface area contributed by atoms with Crippen molar-refractivity contribution < 1.29 is 13.2 Å². The third-order valence-corrected chi connectivity index (χ3v) is 7.26. The highest BCUT2D eigenvalue weighted by Crippen LogP contribution is 2.21. The van der Waals surface area contributed by atoms with E-state index in [4.69, 9.17) is 0 Å². The van der Waals surface area contributed by atoms with Crippen LogP contribution in [0, 0.1) is 0 Å². The molecule has 2 aromatic carbocycles. The van der Waals surface area contributed by atoms with Crippen LogP contribution in [-0.2, 0) is 14.8 Å². The second-order valence-corrected chi connectivity index (χ2v) is 9.64. The maximum Gasteiger partial charge on any atom is 0.243 e. The lowest BCUT2D eigenvalue weighted by atomic mass is 10.0. The number of hydrogen-bond donors (Lipinski definition) is 0. The molecule has 0 N–H and O–H groups in total. The first kappa shape index (κ1) is 21.3. The van der Waals surface area contributed by atoms with Crippen molar-refractivity contribution in [2.75, 3.05) is 44.7 Å². The molecule has 0 radical (unpaired) electrons. The molecule has 1 heterocycles. The van der Waals surface area contributed by atoms with Gasteiger partial charge in [-0.25, -0.2) is 8.42 Å². The molecule has 0 unspecified atom stereocenters. The Kier molecular flexibility index (Phi) is 6.59. The fraction of sp³-hybridized carbons (Fsp3) is 0.409. The minimum atomic E-state index is -3.53. The van der Waals surface area contributed by atoms with Gasteiger partial charge in [0.2, 0.25) is 15.9 Å². The van der Waals surface area contributed by atoms with Crippen LogP contribution in [0.2, 0.25) is 0 Å². The van der Waals surface area contributed by atoms with Gasteiger partial charge in [0.1, 0.15) is 0 Å². The normalized spacial score (nSPS) is 15.5. The van der Waals surface area contributed by atoms with Gasteiger partial charge in [0.05, 0.1) is 11.4 Å². The summed E-state index contributed by atoms with van der Waals surface area (Å²) in [7, 11) is -1.65. The molecular weight excluding hydrogens is 386 g/mol. The van der Waals surface area contributed by atoms with Crippen LogP contribution in [-0.4, -0.2) is 63.3 Å². The van der Waals surface area contributed by atoms with Crippen LogP contribution in [0.25, 0.3) is 0 Å². The lowest BCUT2D eigenvalue weighted by Gasteiger charge is -2.35. The van der Waals surface area contributed by atoms with Gasteiger partial charge < -0.3 is 9.80 Å². The smallest absolute Gasteiger partial charge is 0.243 e. The van der Waals surface area contributed by atoms with Crippen molar-refractivity contribution in [2.24, 2.45) is 0 Å². The van der Waals surface area contributed by atoms with E-state index in [-0.39, 0.29) is 12.5 Å². The summed E-state index contributed by atoms with van der Waals surface area (Å²) in [6.45, 7) is 5.87. The van der Waals surface area contributed by atoms with Crippen LogP contribution in [0.5, 0.6) is 0 Å². The number of rotatable bonds is 6. The molecule has 1 aliphatic heterocycles. The van der Waals surface area contributed by atoms with Crippen LogP contribution in [0.3, 0.4) is 0 Å². The lowest BCUT2D eigenvalue weighted by Crippen LogP contribution is -2.52. The maximum atomic E-state index is 12.9. The Morgan fingerprint density at radius 3 is 2.10 bits per heavy atom. The van der Waals surface area contributed by atoms with E-state index in [0.29, 0.717) is 37.0 Å². The summed E-state index contributed by atoms with van der Waals surface area (Å²) in [6.07, 6.45) is 0. The molecule has 1 aliphatic rings. The average Bonchev–Trinajstić information content (AvgIpc) is 2.74. The van der Waals surface area contributed by atoms with Gasteiger partial charge in [-0.1, -0.05) is 44.2 Å². The molecule has 6 nitrogen and oxygen atoms in total. The zero-order valence-corrected chi connectivity index (χ0v) is 18.1. The van der Waals surface area contributed by atoms with Crippen LogP contribution >= 0.6 is 0 Å². The van der Waals surface area contributed by atoms with Crippen molar-refractivity contribution in [3.05, 3.63) is 60.2 Å². The second kappa shape index (κ2) is 8.97. The molecule has 2 aromatic rings. The third-order valence-electron chi connectivity index (χ3n) is 5.35. The highest BCUT2D eigenvalue weighted by molar-refractivity contribution is 7.89. The SMILES string of the molecule is CC(C)c1ccc(S(=O)(=O)N2CCN(C(=O)CN(C)c3ccccc3)CC2)cc1. The van der Waals surface area contributed by atoms with Crippen LogP contribution < -0.4 is 4.90 Å². The Bertz CT molecular complexity index is 920. The van der Waals surface area contributed by atoms with Gasteiger partial charge in [-0.3, -0.25) is 4.79 Å². The molecule has 0 bridgehead atoms. The van der Waals surface area contributed by atoms with Gasteiger partial charge in [0.15, 0.2) is 0 Å². The van der Waals surface area contributed by atoms with E-state index in [1.807, 2.05) is 54.4 Å². The maximum absolute atomic E-state index is 12.9. The monoisotopic (exact) mass is 415 g/mol. The summed E-state index contributed by atoms with van der Waals surface area (Å²) in [6, 6.07) is 16.8. The van der Waals surface area contributed by atoms with Gasteiger partial charge in [0.25, 0.3) is 0 Å². The quantitative estimate of drug-likeness (QED) is 0.728. The molecule has 156 valence electrons. The average molecular weight is 416 g/mol. The van der Waals surface area contributed by atoms with Crippen molar-refractivity contribution in [3.63, 3.8) is 0 Å². The molecule has 1 amide bonds. The highest BCUT2D eigenvalue weighted by atomic mass is 32.2. The van der Waals surface area contributed by atoms with Gasteiger partial charge in [-0.05, 0) is 35.7 Å². The van der Waals surface area contributed by atoms with E-state index in [0.717, 1.165) is 11.3 Å². The minimum absolute atomic E-state index is 0.00897. The molecule has 29 heavy (non-hydrogen) atoms. The molecule has 1 saturated heterocycles. The minimum Gasteiger partial charge on any atom is -0.365 e. The van der Waals surface area contributed by atoms with Gasteiger partial charge in [-0.2, -0.15) is 4.31 Å². The molecule has 1 fully saturated rings. The van der Waals surface area contributed by atoms with E-state index >= 15 is 0 Å². The van der Waals surface area contributed by atoms with Crippen LogP contribution in [0.4, 0.5) is 5.69 Å². The topological polar surface area (TPSA) is 60.9 Å². The van der Waals surface area contributed by atoms with Crippen LogP contribution in [0.15, 0.2) is 59.5 Å². The molecule has 0 aliphatic carbocycles. The molecule has 3 rings (SSSR count). The van der Waals surface area contributed by atoms with E-state index in [1.165, 1.54) is 4.31 Å². The number of nitrogens with zero attached hydrogens (tertiary/aromatic N) is 3. The molecule has 0 saturated carbocycles. The number of amides is 1. The van der Waals surface area contributed by atoms with E-state index in [2.05, 4.69) is 13.8 Å². The zero-order chi connectivity index (χ0) is 21.0. The van der Waals surface area contributed by atoms with Crippen molar-refractivity contribution in [1.29, 1.82) is 0 Å². The van der Waals surface area contributed by atoms with E-state index in [9.17, 15) is 13.2 Å². The summed E-state index contributed by atoms with van der Waals surface area (Å²) in [5.41, 5.74) is 2.09. The summed E-state index contributed by atoms with van der Waals surface area (Å²) in [5, 5.41) is 0. The van der Waals surface area contributed by atoms with Gasteiger partial charge in [0, 0.05) is 38.9 Å². The number of piperazine rings is 1. The predicted molar refractivity (Wildman–Crippen MR) is 116 cm³/mol. The second-order valence-electron chi connectivity index (χ2n) is 7.70. The number of para-hydroxylation sites is 1. The van der Waals surface area contributed by atoms with Crippen molar-refractivity contribution in [2.45, 2.75) is 24.7 Å². The van der Waals surface area contributed by atoms with E-state index < -0.39 is 10.0 Å². The largest absolute Gasteiger partial charge is 0.365 e. The molecule has 0 spiro atoms. The Balaban J connectivity index is 1.58. The van der Waals surface area contributed by atoms with Gasteiger partial charge in [-0.15, -0.1) is 0 Å². The summed E-state index contributed by atoms with van der Waals surface area (Å²) in [4.78, 5) is 16.6. The van der Waals surface area contributed by atoms with Crippen molar-refractivity contribution >= 4 is 21.6 Å². The Hall–Kier alpha value is -2.38. The van der Waals surface area contributed by atoms with Crippen LogP contribution in [0.1, 0.15) is 25.3 Å². The Morgan fingerprint density at radius 2 is 1.55 bits per heavy atom. The molecule has 0 atom stereocenters. The molecular formula is C22H29N3O3S. The first-order valence-electron chi connectivity index (χ1n) is 9.93. The summed E-state index contributed by atoms with van der Waals surface area (Å²) in [5.74, 6) is 0.366. The molecule has 0 aromatic heterocycles. The number of benzene rings is 2. The summed E-state index contributed by atoms with van der Waals surface area (Å²) < 4.78 is 27.3. The molecule has 7 heteroatoms. The van der Waals surface area contributed by atoms with Crippen molar-refractivity contribution in [3.8, 4) is 0 Å². The first-order chi connectivity index (χ1) is 13.8. The Labute approximate surface area is 173 Å². The standard InChI is InChI=1S/C22H29N3O3S/c1-18(2)19-9-11-21(12-10-19)29(27,28)25-15-13-24(14-16-25)22(26)17-23(3)20-7-5-4-6-8-20/h4-12,18H,13-17H2,1-3H3. The fourth-order valence-electron chi connectivity index (χ4n) is 3.43. The zero-order valence-electron chi connectivity index (χ0n) is 17.3. The fourth-order valence-corrected chi connectivity index (χ4v) is 4.85. The number of likely N-dealkylation sites (N-methyl/N-ethyl adjacent to an activating group) is 1. The van der Waals surface area contributed by atoms with Crippen molar-refractivity contribution in [1.82, 2.24) is 9.21 Å².